The molecule has 0 heterocycles. The molecule has 0 N–H and O–H groups in total. The summed E-state index contributed by atoms with van der Waals surface area (Å²) in [5.41, 5.74) is 5.10. The van der Waals surface area contributed by atoms with Crippen molar-refractivity contribution in [3.63, 3.8) is 0 Å². The van der Waals surface area contributed by atoms with Gasteiger partial charge in [-0.3, -0.25) is 0 Å². The van der Waals surface area contributed by atoms with Gasteiger partial charge in [-0.25, -0.2) is 0 Å². The van der Waals surface area contributed by atoms with Gasteiger partial charge in [0, 0.05) is 8.59 Å². The van der Waals surface area contributed by atoms with E-state index in [4.69, 9.17) is 11.6 Å². The number of hydrogen-bond donors (Lipinski definition) is 0. The van der Waals surface area contributed by atoms with E-state index in [1.165, 1.54) is 25.8 Å². The summed E-state index contributed by atoms with van der Waals surface area (Å²) in [6.45, 7) is 4.26. The molecule has 0 aromatic heterocycles. The first-order valence-electron chi connectivity index (χ1n) is 5.65. The Morgan fingerprint density at radius 3 is 2.44 bits per heavy atom. The van der Waals surface area contributed by atoms with Gasteiger partial charge in [0.2, 0.25) is 0 Å². The summed E-state index contributed by atoms with van der Waals surface area (Å²) < 4.78 is 1.22. The molecule has 0 amide bonds. The Hall–Kier alpha value is -0.0600. The van der Waals surface area contributed by atoms with Crippen molar-refractivity contribution in [2.75, 3.05) is 0 Å². The molecule has 0 aliphatic carbocycles. The van der Waals surface area contributed by atoms with Gasteiger partial charge in [-0.2, -0.15) is 0 Å². The molecule has 0 aliphatic heterocycles. The molecule has 2 rings (SSSR count). The van der Waals surface area contributed by atoms with Crippen molar-refractivity contribution in [2.24, 2.45) is 0 Å². The van der Waals surface area contributed by atoms with Crippen LogP contribution in [0.3, 0.4) is 0 Å². The predicted octanol–water partition coefficient (Wildman–Crippen LogP) is 6.05. The summed E-state index contributed by atoms with van der Waals surface area (Å²) in [5, 5.41) is 0.777. The van der Waals surface area contributed by atoms with E-state index in [1.54, 1.807) is 0 Å². The Morgan fingerprint density at radius 2 is 1.78 bits per heavy atom. The third kappa shape index (κ3) is 3.09. The lowest BCUT2D eigenvalue weighted by Crippen LogP contribution is -1.98. The number of rotatable bonds is 2. The molecule has 0 spiro atoms. The molecule has 1 unspecified atom stereocenters. The molecule has 0 saturated carbocycles. The van der Waals surface area contributed by atoms with Crippen molar-refractivity contribution in [3.8, 4) is 0 Å². The number of aryl methyl sites for hydroxylation is 2. The van der Waals surface area contributed by atoms with Crippen LogP contribution >= 0.6 is 50.1 Å². The smallest absolute Gasteiger partial charge is 0.0658 e. The molecule has 0 aliphatic rings. The largest absolute Gasteiger partial charge is 0.0843 e. The minimum absolute atomic E-state index is 0.184. The maximum absolute atomic E-state index is 6.09. The van der Waals surface area contributed by atoms with Crippen molar-refractivity contribution in [1.29, 1.82) is 0 Å². The Morgan fingerprint density at radius 1 is 1.06 bits per heavy atom. The lowest BCUT2D eigenvalue weighted by atomic mass is 9.99. The molecule has 0 fully saturated rings. The zero-order valence-electron chi connectivity index (χ0n) is 10.2. The van der Waals surface area contributed by atoms with Crippen LogP contribution < -0.4 is 0 Å². The van der Waals surface area contributed by atoms with Gasteiger partial charge in [-0.1, -0.05) is 51.3 Å². The average Bonchev–Trinajstić information content (AvgIpc) is 2.31. The first-order chi connectivity index (χ1) is 8.49. The average molecular weight is 436 g/mol. The summed E-state index contributed by atoms with van der Waals surface area (Å²) in [7, 11) is 0. The fourth-order valence-electron chi connectivity index (χ4n) is 1.99. The van der Waals surface area contributed by atoms with Crippen LogP contribution in [0.5, 0.6) is 0 Å². The number of alkyl halides is 1. The molecule has 2 aromatic carbocycles. The molecule has 0 radical (unpaired) electrons. The predicted molar refractivity (Wildman–Crippen MR) is 90.9 cm³/mol. The number of benzene rings is 2. The van der Waals surface area contributed by atoms with Crippen molar-refractivity contribution >= 4 is 50.1 Å². The Kier molecular flexibility index (Phi) is 4.73. The standard InChI is InChI=1S/C15H13BrClI/c1-9-3-5-12(10(2)7-9)15(16)13-8-11(17)4-6-14(13)18/h3-8,15H,1-2H3. The van der Waals surface area contributed by atoms with Crippen LogP contribution in [0.2, 0.25) is 5.02 Å². The Balaban J connectivity index is 2.47. The highest BCUT2D eigenvalue weighted by Gasteiger charge is 2.15. The van der Waals surface area contributed by atoms with Crippen LogP contribution in [0, 0.1) is 17.4 Å². The second-order valence-corrected chi connectivity index (χ2v) is 6.90. The van der Waals surface area contributed by atoms with Gasteiger partial charge in [0.1, 0.15) is 0 Å². The molecule has 0 bridgehead atoms. The van der Waals surface area contributed by atoms with Crippen molar-refractivity contribution in [1.82, 2.24) is 0 Å². The maximum atomic E-state index is 6.09. The highest BCUT2D eigenvalue weighted by atomic mass is 127. The van der Waals surface area contributed by atoms with Crippen LogP contribution in [0.15, 0.2) is 36.4 Å². The third-order valence-electron chi connectivity index (χ3n) is 2.93. The lowest BCUT2D eigenvalue weighted by Gasteiger charge is -2.16. The summed E-state index contributed by atoms with van der Waals surface area (Å²) in [6.07, 6.45) is 0. The van der Waals surface area contributed by atoms with E-state index in [9.17, 15) is 0 Å². The molecule has 1 atom stereocenters. The van der Waals surface area contributed by atoms with Crippen LogP contribution in [-0.2, 0) is 0 Å². The van der Waals surface area contributed by atoms with E-state index in [2.05, 4.69) is 76.6 Å². The minimum Gasteiger partial charge on any atom is -0.0843 e. The van der Waals surface area contributed by atoms with E-state index in [0.29, 0.717) is 0 Å². The molecule has 2 aromatic rings. The van der Waals surface area contributed by atoms with Gasteiger partial charge in [-0.05, 0) is 71.3 Å². The fraction of sp³-hybridized carbons (Fsp3) is 0.200. The topological polar surface area (TPSA) is 0 Å². The van der Waals surface area contributed by atoms with Gasteiger partial charge in [0.25, 0.3) is 0 Å². The molecule has 0 saturated heterocycles. The second kappa shape index (κ2) is 5.93. The third-order valence-corrected chi connectivity index (χ3v) is 5.13. The Labute approximate surface area is 135 Å². The molecule has 18 heavy (non-hydrogen) atoms. The quantitative estimate of drug-likeness (QED) is 0.398. The monoisotopic (exact) mass is 434 g/mol. The van der Waals surface area contributed by atoms with Crippen LogP contribution in [0.4, 0.5) is 0 Å². The van der Waals surface area contributed by atoms with Crippen LogP contribution in [-0.4, -0.2) is 0 Å². The van der Waals surface area contributed by atoms with Gasteiger partial charge in [0.15, 0.2) is 0 Å². The van der Waals surface area contributed by atoms with Gasteiger partial charge >= 0.3 is 0 Å². The summed E-state index contributed by atoms with van der Waals surface area (Å²) >= 11 is 12.2. The first-order valence-corrected chi connectivity index (χ1v) is 8.02. The van der Waals surface area contributed by atoms with E-state index in [0.717, 1.165) is 5.02 Å². The minimum atomic E-state index is 0.184. The molecule has 0 nitrogen and oxygen atoms in total. The zero-order valence-corrected chi connectivity index (χ0v) is 14.7. The Bertz CT molecular complexity index is 581. The summed E-state index contributed by atoms with van der Waals surface area (Å²) in [4.78, 5) is 0.184. The number of hydrogen-bond acceptors (Lipinski definition) is 0. The van der Waals surface area contributed by atoms with Crippen LogP contribution in [0.25, 0.3) is 0 Å². The highest BCUT2D eigenvalue weighted by molar-refractivity contribution is 14.1. The summed E-state index contributed by atoms with van der Waals surface area (Å²) in [5.74, 6) is 0. The van der Waals surface area contributed by atoms with E-state index >= 15 is 0 Å². The highest BCUT2D eigenvalue weighted by Crippen LogP contribution is 2.36. The van der Waals surface area contributed by atoms with Gasteiger partial charge in [-0.15, -0.1) is 0 Å². The molecular formula is C15H13BrClI. The number of halogens is 3. The van der Waals surface area contributed by atoms with Crippen molar-refractivity contribution < 1.29 is 0 Å². The first kappa shape index (κ1) is 14.4. The fourth-order valence-corrected chi connectivity index (χ4v) is 4.13. The maximum Gasteiger partial charge on any atom is 0.0658 e. The van der Waals surface area contributed by atoms with Crippen molar-refractivity contribution in [2.45, 2.75) is 18.7 Å². The van der Waals surface area contributed by atoms with Gasteiger partial charge < -0.3 is 0 Å². The normalized spacial score (nSPS) is 12.5. The summed E-state index contributed by atoms with van der Waals surface area (Å²) in [6, 6.07) is 12.5. The second-order valence-electron chi connectivity index (χ2n) is 4.39. The van der Waals surface area contributed by atoms with E-state index < -0.39 is 0 Å². The molecular weight excluding hydrogens is 422 g/mol. The van der Waals surface area contributed by atoms with E-state index in [-0.39, 0.29) is 4.83 Å². The SMILES string of the molecule is Cc1ccc(C(Br)c2cc(Cl)ccc2I)c(C)c1. The van der Waals surface area contributed by atoms with Gasteiger partial charge in [0.05, 0.1) is 4.83 Å². The molecule has 3 heteroatoms. The van der Waals surface area contributed by atoms with E-state index in [1.807, 2.05) is 12.1 Å². The van der Waals surface area contributed by atoms with Crippen molar-refractivity contribution in [3.05, 3.63) is 67.2 Å². The lowest BCUT2D eigenvalue weighted by molar-refractivity contribution is 1.12. The van der Waals surface area contributed by atoms with Crippen LogP contribution in [0.1, 0.15) is 27.1 Å². The zero-order chi connectivity index (χ0) is 13.3. The molecule has 94 valence electrons.